The number of nitrogens with zero attached hydrogens (tertiary/aromatic N) is 2. The van der Waals surface area contributed by atoms with Crippen LogP contribution in [-0.4, -0.2) is 50.1 Å². The third kappa shape index (κ3) is 3.80. The van der Waals surface area contributed by atoms with Gasteiger partial charge in [0.15, 0.2) is 5.79 Å². The number of anilines is 1. The summed E-state index contributed by atoms with van der Waals surface area (Å²) in [6.45, 7) is 2.44. The number of hydrogen-bond donors (Lipinski definition) is 0. The molecule has 8 heteroatoms. The molecule has 25 heavy (non-hydrogen) atoms. The van der Waals surface area contributed by atoms with E-state index in [1.54, 1.807) is 12.1 Å². The third-order valence-electron chi connectivity index (χ3n) is 4.49. The lowest BCUT2D eigenvalue weighted by Crippen LogP contribution is -2.45. The summed E-state index contributed by atoms with van der Waals surface area (Å²) in [5, 5.41) is 11.5. The number of carbonyl (C=O) groups excluding carboxylic acids is 1. The quantitative estimate of drug-likeness (QED) is 0.356. The molecule has 134 valence electrons. The normalized spacial score (nSPS) is 19.5. The first-order chi connectivity index (χ1) is 12.0. The molecule has 0 N–H and O–H groups in total. The molecule has 2 saturated heterocycles. The summed E-state index contributed by atoms with van der Waals surface area (Å²) in [6.07, 6.45) is 4.08. The van der Waals surface area contributed by atoms with Crippen LogP contribution in [0.5, 0.6) is 0 Å². The molecule has 2 aliphatic heterocycles. The van der Waals surface area contributed by atoms with Crippen LogP contribution in [0.4, 0.5) is 11.4 Å². The number of nitro benzene ring substituents is 1. The average Bonchev–Trinajstić information content (AvgIpc) is 3.08. The molecule has 0 bridgehead atoms. The highest BCUT2D eigenvalue weighted by Crippen LogP contribution is 2.36. The van der Waals surface area contributed by atoms with Gasteiger partial charge in [-0.1, -0.05) is 6.07 Å². The molecule has 1 aromatic rings. The summed E-state index contributed by atoms with van der Waals surface area (Å²) in [7, 11) is 1.28. The molecule has 1 spiro atoms. The molecule has 0 atom stereocenters. The minimum atomic E-state index is -0.519. The van der Waals surface area contributed by atoms with Crippen molar-refractivity contribution in [3.8, 4) is 0 Å². The standard InChI is InChI=1S/C17H20N2O6/c1-23-16(20)5-3-13-2-4-14(15(12-13)19(21)22)18-8-6-17(7-9-18)24-10-11-25-17/h2-5,12H,6-11H2,1H3/b5-3-. The second-order valence-corrected chi connectivity index (χ2v) is 5.96. The van der Waals surface area contributed by atoms with Crippen molar-refractivity contribution >= 4 is 23.4 Å². The maximum Gasteiger partial charge on any atom is 0.330 e. The highest BCUT2D eigenvalue weighted by atomic mass is 16.7. The number of carbonyl (C=O) groups is 1. The molecule has 1 aromatic carbocycles. The number of methoxy groups -OCH3 is 1. The van der Waals surface area contributed by atoms with E-state index in [1.807, 2.05) is 4.90 Å². The first-order valence-electron chi connectivity index (χ1n) is 8.10. The Hall–Kier alpha value is -2.45. The average molecular weight is 348 g/mol. The Kier molecular flexibility index (Phi) is 5.00. The molecule has 3 rings (SSSR count). The van der Waals surface area contributed by atoms with Gasteiger partial charge in [-0.25, -0.2) is 4.79 Å². The Morgan fingerprint density at radius 3 is 2.60 bits per heavy atom. The monoisotopic (exact) mass is 348 g/mol. The van der Waals surface area contributed by atoms with Gasteiger partial charge < -0.3 is 19.1 Å². The third-order valence-corrected chi connectivity index (χ3v) is 4.49. The van der Waals surface area contributed by atoms with Crippen molar-refractivity contribution in [1.82, 2.24) is 0 Å². The number of ether oxygens (including phenoxy) is 3. The predicted molar refractivity (Wildman–Crippen MR) is 90.2 cm³/mol. The molecule has 2 aliphatic rings. The molecule has 2 fully saturated rings. The van der Waals surface area contributed by atoms with Gasteiger partial charge in [-0.05, 0) is 17.7 Å². The second kappa shape index (κ2) is 7.20. The van der Waals surface area contributed by atoms with Crippen molar-refractivity contribution < 1.29 is 23.9 Å². The maximum absolute atomic E-state index is 11.5. The lowest BCUT2D eigenvalue weighted by atomic mass is 10.0. The summed E-state index contributed by atoms with van der Waals surface area (Å²) < 4.78 is 15.9. The number of hydrogen-bond acceptors (Lipinski definition) is 7. The SMILES string of the molecule is COC(=O)/C=C\c1ccc(N2CCC3(CC2)OCCO3)c([N+](=O)[O-])c1. The molecular weight excluding hydrogens is 328 g/mol. The van der Waals surface area contributed by atoms with Gasteiger partial charge in [-0.3, -0.25) is 10.1 Å². The first kappa shape index (κ1) is 17.4. The molecule has 0 amide bonds. The molecule has 0 radical (unpaired) electrons. The fourth-order valence-corrected chi connectivity index (χ4v) is 3.16. The molecule has 8 nitrogen and oxygen atoms in total. The van der Waals surface area contributed by atoms with Gasteiger partial charge in [0.05, 0.1) is 25.2 Å². The van der Waals surface area contributed by atoms with Crippen LogP contribution in [0.1, 0.15) is 18.4 Å². The van der Waals surface area contributed by atoms with Gasteiger partial charge in [0, 0.05) is 38.1 Å². The summed E-state index contributed by atoms with van der Waals surface area (Å²) >= 11 is 0. The number of piperidine rings is 1. The summed E-state index contributed by atoms with van der Waals surface area (Å²) in [6, 6.07) is 4.92. The van der Waals surface area contributed by atoms with Gasteiger partial charge in [-0.2, -0.15) is 0 Å². The minimum absolute atomic E-state index is 0.0104. The van der Waals surface area contributed by atoms with Gasteiger partial charge in [0.25, 0.3) is 5.69 Å². The maximum atomic E-state index is 11.5. The number of esters is 1. The van der Waals surface area contributed by atoms with E-state index >= 15 is 0 Å². The van der Waals surface area contributed by atoms with Crippen LogP contribution in [0, 0.1) is 10.1 Å². The fraction of sp³-hybridized carbons (Fsp3) is 0.471. The van der Waals surface area contributed by atoms with Crippen LogP contribution in [0.2, 0.25) is 0 Å². The van der Waals surface area contributed by atoms with E-state index in [0.29, 0.717) is 50.4 Å². The fourth-order valence-electron chi connectivity index (χ4n) is 3.16. The van der Waals surface area contributed by atoms with Gasteiger partial charge in [-0.15, -0.1) is 0 Å². The minimum Gasteiger partial charge on any atom is -0.466 e. The zero-order chi connectivity index (χ0) is 17.9. The van der Waals surface area contributed by atoms with Gasteiger partial charge >= 0.3 is 5.97 Å². The van der Waals surface area contributed by atoms with Crippen LogP contribution < -0.4 is 4.90 Å². The molecule has 2 heterocycles. The van der Waals surface area contributed by atoms with Crippen molar-refractivity contribution in [2.75, 3.05) is 38.3 Å². The highest BCUT2D eigenvalue weighted by Gasteiger charge is 2.40. The van der Waals surface area contributed by atoms with Crippen LogP contribution in [0.15, 0.2) is 24.3 Å². The van der Waals surface area contributed by atoms with Gasteiger partial charge in [0.1, 0.15) is 5.69 Å². The zero-order valence-corrected chi connectivity index (χ0v) is 14.0. The lowest BCUT2D eigenvalue weighted by Gasteiger charge is -2.38. The molecule has 0 aliphatic carbocycles. The van der Waals surface area contributed by atoms with Crippen LogP contribution in [0.25, 0.3) is 6.08 Å². The van der Waals surface area contributed by atoms with Crippen molar-refractivity contribution in [3.63, 3.8) is 0 Å². The zero-order valence-electron chi connectivity index (χ0n) is 14.0. The van der Waals surface area contributed by atoms with E-state index in [-0.39, 0.29) is 5.69 Å². The van der Waals surface area contributed by atoms with E-state index in [9.17, 15) is 14.9 Å². The largest absolute Gasteiger partial charge is 0.466 e. The summed E-state index contributed by atoms with van der Waals surface area (Å²) in [5.41, 5.74) is 1.14. The topological polar surface area (TPSA) is 91.1 Å². The van der Waals surface area contributed by atoms with Crippen LogP contribution in [-0.2, 0) is 19.0 Å². The number of nitro groups is 1. The lowest BCUT2D eigenvalue weighted by molar-refractivity contribution is -0.384. The smallest absolute Gasteiger partial charge is 0.330 e. The predicted octanol–water partition coefficient (Wildman–Crippen LogP) is 2.12. The summed E-state index contributed by atoms with van der Waals surface area (Å²) in [4.78, 5) is 24.2. The molecule has 0 unspecified atom stereocenters. The van der Waals surface area contributed by atoms with Gasteiger partial charge in [0.2, 0.25) is 0 Å². The van der Waals surface area contributed by atoms with E-state index in [0.717, 1.165) is 0 Å². The Labute approximate surface area is 145 Å². The van der Waals surface area contributed by atoms with E-state index in [1.165, 1.54) is 25.3 Å². The Morgan fingerprint density at radius 1 is 1.32 bits per heavy atom. The van der Waals surface area contributed by atoms with Crippen LogP contribution >= 0.6 is 0 Å². The Balaban J connectivity index is 1.78. The Morgan fingerprint density at radius 2 is 2.00 bits per heavy atom. The highest BCUT2D eigenvalue weighted by molar-refractivity contribution is 5.87. The summed E-state index contributed by atoms with van der Waals surface area (Å²) in [5.74, 6) is -1.03. The van der Waals surface area contributed by atoms with Crippen LogP contribution in [0.3, 0.4) is 0 Å². The second-order valence-electron chi connectivity index (χ2n) is 5.96. The van der Waals surface area contributed by atoms with E-state index in [2.05, 4.69) is 4.74 Å². The molecule has 0 aromatic heterocycles. The van der Waals surface area contributed by atoms with Crippen molar-refractivity contribution in [2.45, 2.75) is 18.6 Å². The molecular formula is C17H20N2O6. The first-order valence-corrected chi connectivity index (χ1v) is 8.10. The number of rotatable bonds is 4. The van der Waals surface area contributed by atoms with E-state index in [4.69, 9.17) is 9.47 Å². The molecule has 0 saturated carbocycles. The van der Waals surface area contributed by atoms with Crippen molar-refractivity contribution in [3.05, 3.63) is 40.0 Å². The van der Waals surface area contributed by atoms with Crippen molar-refractivity contribution in [1.29, 1.82) is 0 Å². The van der Waals surface area contributed by atoms with E-state index < -0.39 is 16.7 Å². The van der Waals surface area contributed by atoms with Crippen molar-refractivity contribution in [2.24, 2.45) is 0 Å². The Bertz CT molecular complexity index is 686. The number of benzene rings is 1.